The summed E-state index contributed by atoms with van der Waals surface area (Å²) in [7, 11) is 0. The number of pyridine rings is 1. The largest absolute Gasteiger partial charge is 0.323 e. The maximum absolute atomic E-state index is 5.51. The summed E-state index contributed by atoms with van der Waals surface area (Å²) < 4.78 is 0. The number of para-hydroxylation sites is 1. The topological polar surface area (TPSA) is 75.3 Å². The van der Waals surface area contributed by atoms with E-state index in [9.17, 15) is 0 Å². The van der Waals surface area contributed by atoms with Crippen molar-refractivity contribution >= 4 is 22.5 Å². The number of aliphatic imine (C=N–C) groups is 1. The van der Waals surface area contributed by atoms with Gasteiger partial charge in [-0.2, -0.15) is 0 Å². The van der Waals surface area contributed by atoms with Crippen molar-refractivity contribution in [3.8, 4) is 0 Å². The SMILES string of the molecule is Cc1ccc2cccc(NC(=NC3CC3)NN)c2n1. The van der Waals surface area contributed by atoms with Crippen LogP contribution in [0.1, 0.15) is 18.5 Å². The van der Waals surface area contributed by atoms with E-state index in [1.165, 1.54) is 0 Å². The Morgan fingerprint density at radius 3 is 2.89 bits per heavy atom. The maximum atomic E-state index is 5.51. The van der Waals surface area contributed by atoms with Crippen LogP contribution in [0, 0.1) is 6.92 Å². The monoisotopic (exact) mass is 255 g/mol. The molecule has 19 heavy (non-hydrogen) atoms. The fourth-order valence-electron chi connectivity index (χ4n) is 1.96. The van der Waals surface area contributed by atoms with Gasteiger partial charge >= 0.3 is 0 Å². The van der Waals surface area contributed by atoms with E-state index in [2.05, 4.69) is 26.8 Å². The predicted molar refractivity (Wildman–Crippen MR) is 77.9 cm³/mol. The first-order valence-corrected chi connectivity index (χ1v) is 6.44. The predicted octanol–water partition coefficient (Wildman–Crippen LogP) is 1.94. The second kappa shape index (κ2) is 4.85. The van der Waals surface area contributed by atoms with Gasteiger partial charge in [-0.3, -0.25) is 10.4 Å². The van der Waals surface area contributed by atoms with Crippen LogP contribution in [0.25, 0.3) is 10.9 Å². The average Bonchev–Trinajstić information content (AvgIpc) is 3.22. The van der Waals surface area contributed by atoms with Crippen molar-refractivity contribution < 1.29 is 0 Å². The van der Waals surface area contributed by atoms with Crippen molar-refractivity contribution in [2.75, 3.05) is 5.32 Å². The summed E-state index contributed by atoms with van der Waals surface area (Å²) in [5, 5.41) is 4.32. The van der Waals surface area contributed by atoms with Gasteiger partial charge in [0.15, 0.2) is 0 Å². The Hall–Kier alpha value is -2.14. The van der Waals surface area contributed by atoms with E-state index in [4.69, 9.17) is 5.84 Å². The molecular weight excluding hydrogens is 238 g/mol. The summed E-state index contributed by atoms with van der Waals surface area (Å²) in [5.74, 6) is 6.10. The highest BCUT2D eigenvalue weighted by atomic mass is 15.3. The molecular formula is C14H17N5. The van der Waals surface area contributed by atoms with Crippen LogP contribution in [-0.2, 0) is 0 Å². The summed E-state index contributed by atoms with van der Waals surface area (Å²) in [6.07, 6.45) is 2.28. The number of hydrogen-bond acceptors (Lipinski definition) is 3. The Morgan fingerprint density at radius 1 is 1.32 bits per heavy atom. The van der Waals surface area contributed by atoms with Crippen LogP contribution in [0.2, 0.25) is 0 Å². The third-order valence-electron chi connectivity index (χ3n) is 3.11. The Labute approximate surface area is 111 Å². The van der Waals surface area contributed by atoms with Gasteiger partial charge < -0.3 is 5.32 Å². The zero-order valence-corrected chi connectivity index (χ0v) is 10.9. The Morgan fingerprint density at radius 2 is 2.16 bits per heavy atom. The molecule has 0 amide bonds. The van der Waals surface area contributed by atoms with Crippen molar-refractivity contribution in [1.29, 1.82) is 0 Å². The van der Waals surface area contributed by atoms with Crippen molar-refractivity contribution in [1.82, 2.24) is 10.4 Å². The van der Waals surface area contributed by atoms with Gasteiger partial charge in [-0.15, -0.1) is 0 Å². The quantitative estimate of drug-likeness (QED) is 0.332. The number of rotatable bonds is 2. The number of hydrogen-bond donors (Lipinski definition) is 3. The highest BCUT2D eigenvalue weighted by Crippen LogP contribution is 2.25. The van der Waals surface area contributed by atoms with E-state index in [-0.39, 0.29) is 0 Å². The number of anilines is 1. The molecule has 3 rings (SSSR count). The van der Waals surface area contributed by atoms with Gasteiger partial charge in [-0.1, -0.05) is 18.2 Å². The van der Waals surface area contributed by atoms with Crippen LogP contribution in [0.15, 0.2) is 35.3 Å². The first-order chi connectivity index (χ1) is 9.26. The molecule has 0 atom stereocenters. The molecule has 1 saturated carbocycles. The minimum atomic E-state index is 0.406. The zero-order valence-electron chi connectivity index (χ0n) is 10.9. The fraction of sp³-hybridized carbons (Fsp3) is 0.286. The highest BCUT2D eigenvalue weighted by Gasteiger charge is 2.21. The number of nitrogens with one attached hydrogen (secondary N) is 2. The van der Waals surface area contributed by atoms with Gasteiger partial charge in [0.1, 0.15) is 0 Å². The number of aryl methyl sites for hydroxylation is 1. The van der Waals surface area contributed by atoms with E-state index in [1.54, 1.807) is 0 Å². The van der Waals surface area contributed by atoms with E-state index >= 15 is 0 Å². The number of fused-ring (bicyclic) bond motifs is 1. The van der Waals surface area contributed by atoms with E-state index < -0.39 is 0 Å². The Kier molecular flexibility index (Phi) is 3.05. The van der Waals surface area contributed by atoms with Crippen molar-refractivity contribution in [3.63, 3.8) is 0 Å². The van der Waals surface area contributed by atoms with Crippen LogP contribution in [0.4, 0.5) is 5.69 Å². The molecule has 0 radical (unpaired) electrons. The van der Waals surface area contributed by atoms with E-state index in [0.717, 1.165) is 35.1 Å². The van der Waals surface area contributed by atoms with Crippen LogP contribution < -0.4 is 16.6 Å². The molecule has 1 aliphatic carbocycles. The third kappa shape index (κ3) is 2.66. The first kappa shape index (κ1) is 11.9. The minimum absolute atomic E-state index is 0.406. The molecule has 1 fully saturated rings. The first-order valence-electron chi connectivity index (χ1n) is 6.44. The lowest BCUT2D eigenvalue weighted by Gasteiger charge is -2.11. The number of nitrogens with two attached hydrogens (primary N) is 1. The lowest BCUT2D eigenvalue weighted by molar-refractivity contribution is 0.966. The van der Waals surface area contributed by atoms with Gasteiger partial charge in [0.05, 0.1) is 17.2 Å². The summed E-state index contributed by atoms with van der Waals surface area (Å²) in [4.78, 5) is 9.04. The summed E-state index contributed by atoms with van der Waals surface area (Å²) >= 11 is 0. The molecule has 0 saturated heterocycles. The number of aromatic nitrogens is 1. The molecule has 0 unspecified atom stereocenters. The Bertz CT molecular complexity index is 631. The number of nitrogens with zero attached hydrogens (tertiary/aromatic N) is 2. The summed E-state index contributed by atoms with van der Waals surface area (Å²) in [6, 6.07) is 10.5. The second-order valence-corrected chi connectivity index (χ2v) is 4.81. The third-order valence-corrected chi connectivity index (χ3v) is 3.11. The lowest BCUT2D eigenvalue weighted by atomic mass is 10.2. The highest BCUT2D eigenvalue weighted by molar-refractivity contribution is 6.01. The molecule has 0 spiro atoms. The molecule has 5 nitrogen and oxygen atoms in total. The van der Waals surface area contributed by atoms with Gasteiger partial charge in [-0.05, 0) is 31.9 Å². The van der Waals surface area contributed by atoms with Gasteiger partial charge in [0.25, 0.3) is 0 Å². The normalized spacial score (nSPS) is 15.6. The lowest BCUT2D eigenvalue weighted by Crippen LogP contribution is -2.36. The van der Waals surface area contributed by atoms with Gasteiger partial charge in [0.2, 0.25) is 5.96 Å². The number of guanidine groups is 1. The summed E-state index contributed by atoms with van der Waals surface area (Å²) in [6.45, 7) is 1.98. The molecule has 5 heteroatoms. The molecule has 4 N–H and O–H groups in total. The van der Waals surface area contributed by atoms with E-state index in [1.807, 2.05) is 31.2 Å². The molecule has 98 valence electrons. The van der Waals surface area contributed by atoms with Gasteiger partial charge in [0, 0.05) is 11.1 Å². The van der Waals surface area contributed by atoms with Gasteiger partial charge in [-0.25, -0.2) is 10.8 Å². The van der Waals surface area contributed by atoms with Crippen LogP contribution in [-0.4, -0.2) is 17.0 Å². The number of hydrazine groups is 1. The standard InChI is InChI=1S/C14H17N5/c1-9-5-6-10-3-2-4-12(13(10)16-9)18-14(19-15)17-11-7-8-11/h2-6,11H,7-8,15H2,1H3,(H2,17,18,19). The minimum Gasteiger partial charge on any atom is -0.323 e. The fourth-order valence-corrected chi connectivity index (χ4v) is 1.96. The number of benzene rings is 1. The van der Waals surface area contributed by atoms with E-state index in [0.29, 0.717) is 12.0 Å². The molecule has 1 aliphatic rings. The van der Waals surface area contributed by atoms with Crippen LogP contribution >= 0.6 is 0 Å². The summed E-state index contributed by atoms with van der Waals surface area (Å²) in [5.41, 5.74) is 5.45. The van der Waals surface area contributed by atoms with Crippen molar-refractivity contribution in [2.45, 2.75) is 25.8 Å². The molecule has 0 bridgehead atoms. The van der Waals surface area contributed by atoms with Crippen LogP contribution in [0.3, 0.4) is 0 Å². The average molecular weight is 255 g/mol. The molecule has 0 aliphatic heterocycles. The molecule has 1 aromatic heterocycles. The second-order valence-electron chi connectivity index (χ2n) is 4.81. The van der Waals surface area contributed by atoms with Crippen molar-refractivity contribution in [2.24, 2.45) is 10.8 Å². The molecule has 2 aromatic rings. The van der Waals surface area contributed by atoms with Crippen molar-refractivity contribution in [3.05, 3.63) is 36.0 Å². The maximum Gasteiger partial charge on any atom is 0.210 e. The smallest absolute Gasteiger partial charge is 0.210 e. The van der Waals surface area contributed by atoms with Crippen LogP contribution in [0.5, 0.6) is 0 Å². The Balaban J connectivity index is 1.97. The zero-order chi connectivity index (χ0) is 13.2. The molecule has 1 heterocycles. The molecule has 1 aromatic carbocycles.